The van der Waals surface area contributed by atoms with Crippen molar-refractivity contribution in [2.75, 3.05) is 17.2 Å². The second kappa shape index (κ2) is 9.99. The fourth-order valence-corrected chi connectivity index (χ4v) is 3.43. The zero-order chi connectivity index (χ0) is 25.9. The van der Waals surface area contributed by atoms with Crippen LogP contribution >= 0.6 is 0 Å². The molecule has 0 fully saturated rings. The van der Waals surface area contributed by atoms with Crippen molar-refractivity contribution >= 4 is 40.8 Å². The van der Waals surface area contributed by atoms with E-state index in [1.54, 1.807) is 42.7 Å². The Labute approximate surface area is 200 Å². The predicted molar refractivity (Wildman–Crippen MR) is 130 cm³/mol. The van der Waals surface area contributed by atoms with Crippen LogP contribution in [0.15, 0.2) is 36.8 Å². The van der Waals surface area contributed by atoms with E-state index in [1.165, 1.54) is 29.0 Å². The lowest BCUT2D eigenvalue weighted by atomic mass is 10.3. The Morgan fingerprint density at radius 2 is 1.23 bits per heavy atom. The minimum atomic E-state index is -0.643. The molecule has 0 atom stereocenters. The van der Waals surface area contributed by atoms with Gasteiger partial charge in [-0.1, -0.05) is 0 Å². The third kappa shape index (κ3) is 5.76. The first kappa shape index (κ1) is 24.8. The van der Waals surface area contributed by atoms with E-state index < -0.39 is 17.7 Å². The molecule has 0 aliphatic rings. The molecule has 3 aromatic heterocycles. The van der Waals surface area contributed by atoms with Crippen molar-refractivity contribution in [2.24, 2.45) is 32.6 Å². The predicted octanol–water partition coefficient (Wildman–Crippen LogP) is 0.361. The molecule has 0 radical (unpaired) electrons. The van der Waals surface area contributed by atoms with E-state index in [0.29, 0.717) is 17.1 Å². The number of anilines is 2. The summed E-state index contributed by atoms with van der Waals surface area (Å²) in [5, 5.41) is 15.3. The van der Waals surface area contributed by atoms with Crippen molar-refractivity contribution in [3.8, 4) is 0 Å². The van der Waals surface area contributed by atoms with Gasteiger partial charge < -0.3 is 41.1 Å². The summed E-state index contributed by atoms with van der Waals surface area (Å²) in [6.07, 6.45) is 4.86. The maximum atomic E-state index is 12.8. The number of nitrogens with zero attached hydrogens (tertiary/aromatic N) is 3. The largest absolute Gasteiger partial charge is 0.388 e. The molecule has 184 valence electrons. The summed E-state index contributed by atoms with van der Waals surface area (Å²) >= 11 is 0. The maximum absolute atomic E-state index is 12.8. The molecular weight excluding hydrogens is 454 g/mol. The molecule has 3 rings (SSSR count). The molecule has 0 saturated heterocycles. The average Bonchev–Trinajstić information content (AvgIpc) is 3.44. The van der Waals surface area contributed by atoms with Gasteiger partial charge in [0.05, 0.1) is 22.8 Å². The number of aromatic nitrogens is 3. The van der Waals surface area contributed by atoms with Gasteiger partial charge in [0.1, 0.15) is 17.1 Å². The monoisotopic (exact) mass is 481 g/mol. The van der Waals surface area contributed by atoms with Gasteiger partial charge in [-0.15, -0.1) is 0 Å². The highest BCUT2D eigenvalue weighted by Crippen LogP contribution is 2.18. The quantitative estimate of drug-likeness (QED) is 0.189. The molecule has 0 aliphatic carbocycles. The Morgan fingerprint density at radius 1 is 0.771 bits per heavy atom. The van der Waals surface area contributed by atoms with E-state index >= 15 is 0 Å². The summed E-state index contributed by atoms with van der Waals surface area (Å²) in [6.45, 7) is 0.228. The Bertz CT molecular complexity index is 1330. The number of primary amides is 1. The molecule has 13 heteroatoms. The third-order valence-electron chi connectivity index (χ3n) is 5.19. The van der Waals surface area contributed by atoms with Gasteiger partial charge in [-0.3, -0.25) is 24.6 Å². The molecule has 13 nitrogen and oxygen atoms in total. The fraction of sp³-hybridized carbons (Fsp3) is 0.227. The lowest BCUT2D eigenvalue weighted by molar-refractivity contribution is 0.0944. The molecule has 0 spiro atoms. The SMILES string of the molecule is Cn1cc(NC(=O)c2cc(NC(=O)c3cc(C(N)=O)cn3C)cn2C)cc1C(=O)NCCC(=N)N. The van der Waals surface area contributed by atoms with Crippen LogP contribution in [0, 0.1) is 5.41 Å². The summed E-state index contributed by atoms with van der Waals surface area (Å²) in [7, 11) is 4.93. The number of hydrogen-bond donors (Lipinski definition) is 6. The van der Waals surface area contributed by atoms with Crippen LogP contribution in [0.5, 0.6) is 0 Å². The van der Waals surface area contributed by atoms with Crippen molar-refractivity contribution in [1.29, 1.82) is 5.41 Å². The molecule has 0 aliphatic heterocycles. The van der Waals surface area contributed by atoms with E-state index in [-0.39, 0.29) is 41.7 Å². The van der Waals surface area contributed by atoms with Crippen molar-refractivity contribution < 1.29 is 19.2 Å². The number of rotatable bonds is 9. The number of aryl methyl sites for hydroxylation is 3. The van der Waals surface area contributed by atoms with Crippen LogP contribution in [0.25, 0.3) is 0 Å². The highest BCUT2D eigenvalue weighted by Gasteiger charge is 2.19. The number of carbonyl (C=O) groups excluding carboxylic acids is 4. The fourth-order valence-electron chi connectivity index (χ4n) is 3.43. The minimum absolute atomic E-state index is 0.0256. The van der Waals surface area contributed by atoms with E-state index in [0.717, 1.165) is 0 Å². The number of hydrogen-bond acceptors (Lipinski definition) is 5. The first-order valence-corrected chi connectivity index (χ1v) is 10.5. The standard InChI is InChI=1S/C22H27N9O4/c1-29-9-12(19(25)32)6-15(29)21(34)27-14-8-17(31(3)11-14)22(35)28-13-7-16(30(2)10-13)20(33)26-5-4-18(23)24/h6-11H,4-5H2,1-3H3,(H3,23,24)(H2,25,32)(H,26,33)(H,27,34)(H,28,35). The summed E-state index contributed by atoms with van der Waals surface area (Å²) in [4.78, 5) is 49.1. The number of carbonyl (C=O) groups is 4. The molecule has 3 heterocycles. The first-order chi connectivity index (χ1) is 16.5. The Hall–Kier alpha value is -4.81. The van der Waals surface area contributed by atoms with Gasteiger partial charge >= 0.3 is 0 Å². The van der Waals surface area contributed by atoms with Gasteiger partial charge in [0.2, 0.25) is 5.91 Å². The third-order valence-corrected chi connectivity index (χ3v) is 5.19. The topological polar surface area (TPSA) is 195 Å². The molecular formula is C22H27N9O4. The molecule has 4 amide bonds. The van der Waals surface area contributed by atoms with Crippen LogP contribution in [-0.4, -0.2) is 49.7 Å². The number of amides is 4. The lowest BCUT2D eigenvalue weighted by Crippen LogP contribution is -2.28. The second-order valence-electron chi connectivity index (χ2n) is 7.98. The molecule has 8 N–H and O–H groups in total. The molecule has 0 saturated carbocycles. The summed E-state index contributed by atoms with van der Waals surface area (Å²) in [5.74, 6) is -1.95. The smallest absolute Gasteiger partial charge is 0.272 e. The molecule has 35 heavy (non-hydrogen) atoms. The number of nitrogens with one attached hydrogen (secondary N) is 4. The second-order valence-corrected chi connectivity index (χ2v) is 7.98. The van der Waals surface area contributed by atoms with E-state index in [1.807, 2.05) is 0 Å². The van der Waals surface area contributed by atoms with Crippen molar-refractivity contribution in [1.82, 2.24) is 19.0 Å². The normalized spacial score (nSPS) is 10.6. The maximum Gasteiger partial charge on any atom is 0.272 e. The van der Waals surface area contributed by atoms with E-state index in [4.69, 9.17) is 16.9 Å². The summed E-state index contributed by atoms with van der Waals surface area (Å²) < 4.78 is 4.59. The average molecular weight is 482 g/mol. The van der Waals surface area contributed by atoms with Gasteiger partial charge in [-0.25, -0.2) is 0 Å². The van der Waals surface area contributed by atoms with Crippen LogP contribution in [0.2, 0.25) is 0 Å². The highest BCUT2D eigenvalue weighted by atomic mass is 16.2. The highest BCUT2D eigenvalue weighted by molar-refractivity contribution is 6.08. The molecule has 0 unspecified atom stereocenters. The minimum Gasteiger partial charge on any atom is -0.388 e. The van der Waals surface area contributed by atoms with Crippen LogP contribution < -0.4 is 27.4 Å². The van der Waals surface area contributed by atoms with E-state index in [2.05, 4.69) is 16.0 Å². The number of nitrogens with two attached hydrogens (primary N) is 2. The van der Waals surface area contributed by atoms with Crippen LogP contribution in [-0.2, 0) is 21.1 Å². The molecule has 0 aromatic carbocycles. The summed E-state index contributed by atoms with van der Waals surface area (Å²) in [5.41, 5.74) is 12.4. The molecule has 0 bridgehead atoms. The molecule has 3 aromatic rings. The van der Waals surface area contributed by atoms with Gasteiger partial charge in [-0.05, 0) is 18.2 Å². The van der Waals surface area contributed by atoms with Gasteiger partial charge in [0.15, 0.2) is 0 Å². The van der Waals surface area contributed by atoms with Gasteiger partial charge in [0.25, 0.3) is 17.7 Å². The Morgan fingerprint density at radius 3 is 1.69 bits per heavy atom. The number of amidine groups is 1. The van der Waals surface area contributed by atoms with E-state index in [9.17, 15) is 19.2 Å². The summed E-state index contributed by atoms with van der Waals surface area (Å²) in [6, 6.07) is 4.42. The van der Waals surface area contributed by atoms with Gasteiger partial charge in [0, 0.05) is 52.7 Å². The van der Waals surface area contributed by atoms with Crippen molar-refractivity contribution in [3.63, 3.8) is 0 Å². The zero-order valence-corrected chi connectivity index (χ0v) is 19.5. The van der Waals surface area contributed by atoms with Crippen LogP contribution in [0.3, 0.4) is 0 Å². The van der Waals surface area contributed by atoms with Gasteiger partial charge in [-0.2, -0.15) is 0 Å². The van der Waals surface area contributed by atoms with Crippen LogP contribution in [0.1, 0.15) is 48.2 Å². The van der Waals surface area contributed by atoms with Crippen molar-refractivity contribution in [2.45, 2.75) is 6.42 Å². The first-order valence-electron chi connectivity index (χ1n) is 10.5. The lowest BCUT2D eigenvalue weighted by Gasteiger charge is -2.04. The Kier molecular flexibility index (Phi) is 7.08. The Balaban J connectivity index is 1.68. The van der Waals surface area contributed by atoms with Crippen molar-refractivity contribution in [3.05, 3.63) is 59.4 Å². The zero-order valence-electron chi connectivity index (χ0n) is 19.5. The van der Waals surface area contributed by atoms with Crippen LogP contribution in [0.4, 0.5) is 11.4 Å².